The van der Waals surface area contributed by atoms with Gasteiger partial charge in [-0.05, 0) is 101 Å². The molecule has 3 aliphatic carbocycles. The number of anilines is 1. The molecular formula is C44H48F3N7O5. The largest absolute Gasteiger partial charge is 0.497 e. The summed E-state index contributed by atoms with van der Waals surface area (Å²) >= 11 is 0. The molecule has 1 saturated heterocycles. The summed E-state index contributed by atoms with van der Waals surface area (Å²) in [6, 6.07) is 11.4. The molecule has 1 N–H and O–H groups in total. The predicted octanol–water partition coefficient (Wildman–Crippen LogP) is 7.88. The molecule has 5 aromatic rings. The highest BCUT2D eigenvalue weighted by Crippen LogP contribution is 2.57. The number of imidazole rings is 1. The van der Waals surface area contributed by atoms with Crippen LogP contribution in [0, 0.1) is 22.9 Å². The minimum absolute atomic E-state index is 0.104. The number of piperazine rings is 1. The number of pyridine rings is 1. The Hall–Kier alpha value is -5.86. The van der Waals surface area contributed by atoms with Crippen molar-refractivity contribution >= 4 is 23.5 Å². The molecule has 2 aromatic carbocycles. The monoisotopic (exact) mass is 811 g/mol. The van der Waals surface area contributed by atoms with E-state index >= 15 is 8.78 Å². The number of hydrogen-bond donors (Lipinski definition) is 1. The molecule has 0 radical (unpaired) electrons. The fourth-order valence-electron chi connectivity index (χ4n) is 8.50. The van der Waals surface area contributed by atoms with Crippen LogP contribution < -0.4 is 19.7 Å². The van der Waals surface area contributed by atoms with E-state index in [2.05, 4.69) is 16.4 Å². The SMILES string of the molecule is COc1ccc(COc2c(F)cc(C(=O)NCC34CCC(c5cn6ccc(-c7cnc(N8CCN(C(=O)OC(C)(C)C)CC8)cn7)cc6n5)(CC3)CC4)c(F)c2F)cc1. The highest BCUT2D eigenvalue weighted by molar-refractivity contribution is 5.94. The van der Waals surface area contributed by atoms with Crippen molar-refractivity contribution in [2.24, 2.45) is 5.41 Å². The number of aromatic nitrogens is 4. The van der Waals surface area contributed by atoms with Gasteiger partial charge in [-0.15, -0.1) is 0 Å². The Labute approximate surface area is 340 Å². The van der Waals surface area contributed by atoms with Gasteiger partial charge in [0.25, 0.3) is 5.91 Å². The molecule has 15 heteroatoms. The number of carbonyl (C=O) groups excluding carboxylic acids is 2. The topological polar surface area (TPSA) is 123 Å². The van der Waals surface area contributed by atoms with Crippen LogP contribution in [0.25, 0.3) is 16.9 Å². The molecular weight excluding hydrogens is 764 g/mol. The number of carbonyl (C=O) groups is 2. The van der Waals surface area contributed by atoms with Crippen LogP contribution in [0.4, 0.5) is 23.8 Å². The highest BCUT2D eigenvalue weighted by Gasteiger charge is 2.50. The van der Waals surface area contributed by atoms with Crippen LogP contribution in [0.5, 0.6) is 11.5 Å². The van der Waals surface area contributed by atoms with Crippen molar-refractivity contribution in [1.29, 1.82) is 0 Å². The van der Waals surface area contributed by atoms with Gasteiger partial charge >= 0.3 is 6.09 Å². The number of halogens is 3. The third-order valence-corrected chi connectivity index (χ3v) is 12.1. The van der Waals surface area contributed by atoms with Gasteiger partial charge in [0, 0.05) is 56.1 Å². The molecule has 0 spiro atoms. The second-order valence-electron chi connectivity index (χ2n) is 17.0. The first-order valence-electron chi connectivity index (χ1n) is 20.0. The smallest absolute Gasteiger partial charge is 0.410 e. The van der Waals surface area contributed by atoms with Crippen molar-refractivity contribution in [2.45, 2.75) is 76.9 Å². The molecule has 4 aliphatic rings. The second-order valence-corrected chi connectivity index (χ2v) is 17.0. The van der Waals surface area contributed by atoms with Crippen LogP contribution in [0.1, 0.15) is 80.9 Å². The van der Waals surface area contributed by atoms with Crippen molar-refractivity contribution in [3.63, 3.8) is 0 Å². The molecule has 9 rings (SSSR count). The standard InChI is InChI=1S/C44H48F3N7O5/c1-42(2,3)59-41(56)53-19-17-52(18-20-53)36-24-48-33(23-49-36)29-9-16-54-25-34(51-35(54)21-29)44-13-10-43(11-14-44,12-15-44)27-50-40(55)31-22-32(45)39(38(47)37(31)46)58-26-28-5-7-30(57-4)8-6-28/h5-9,16,21-25H,10-15,17-20,26-27H2,1-4H3,(H,50,55). The zero-order valence-electron chi connectivity index (χ0n) is 33.7. The third-order valence-electron chi connectivity index (χ3n) is 12.1. The van der Waals surface area contributed by atoms with Crippen molar-refractivity contribution in [3.8, 4) is 22.8 Å². The molecule has 4 fully saturated rings. The van der Waals surface area contributed by atoms with Crippen molar-refractivity contribution < 1.29 is 37.0 Å². The summed E-state index contributed by atoms with van der Waals surface area (Å²) < 4.78 is 63.1. The molecule has 2 bridgehead atoms. The Kier molecular flexibility index (Phi) is 10.6. The molecule has 59 heavy (non-hydrogen) atoms. The fraction of sp³-hybridized carbons (Fsp3) is 0.432. The molecule has 0 atom stereocenters. The van der Waals surface area contributed by atoms with Crippen molar-refractivity contribution in [1.82, 2.24) is 29.6 Å². The Morgan fingerprint density at radius 1 is 0.881 bits per heavy atom. The van der Waals surface area contributed by atoms with Gasteiger partial charge in [-0.25, -0.2) is 23.5 Å². The Bertz CT molecular complexity index is 2330. The number of hydrogen-bond acceptors (Lipinski definition) is 9. The maximum atomic E-state index is 15.1. The van der Waals surface area contributed by atoms with Crippen LogP contribution in [0.2, 0.25) is 0 Å². The molecule has 3 aromatic heterocycles. The van der Waals surface area contributed by atoms with Gasteiger partial charge in [-0.3, -0.25) is 9.78 Å². The number of nitrogens with one attached hydrogen (secondary N) is 1. The lowest BCUT2D eigenvalue weighted by Crippen LogP contribution is -2.50. The normalized spacial score (nSPS) is 20.5. The van der Waals surface area contributed by atoms with Gasteiger partial charge < -0.3 is 33.7 Å². The summed E-state index contributed by atoms with van der Waals surface area (Å²) in [4.78, 5) is 43.9. The number of methoxy groups -OCH3 is 1. The Morgan fingerprint density at radius 2 is 1.59 bits per heavy atom. The van der Waals surface area contributed by atoms with Gasteiger partial charge in [0.05, 0.1) is 36.5 Å². The quantitative estimate of drug-likeness (QED) is 0.140. The molecule has 310 valence electrons. The van der Waals surface area contributed by atoms with E-state index in [1.165, 1.54) is 7.11 Å². The summed E-state index contributed by atoms with van der Waals surface area (Å²) in [7, 11) is 1.52. The van der Waals surface area contributed by atoms with Gasteiger partial charge in [0.2, 0.25) is 5.82 Å². The maximum Gasteiger partial charge on any atom is 0.410 e. The number of ether oxygens (including phenoxy) is 3. The first-order chi connectivity index (χ1) is 28.2. The molecule has 1 aliphatic heterocycles. The van der Waals surface area contributed by atoms with E-state index < -0.39 is 40.3 Å². The van der Waals surface area contributed by atoms with E-state index in [0.717, 1.165) is 66.9 Å². The van der Waals surface area contributed by atoms with E-state index in [4.69, 9.17) is 29.2 Å². The van der Waals surface area contributed by atoms with E-state index in [-0.39, 0.29) is 30.1 Å². The zero-order chi connectivity index (χ0) is 41.5. The lowest BCUT2D eigenvalue weighted by Gasteiger charge is -2.53. The van der Waals surface area contributed by atoms with Crippen LogP contribution >= 0.6 is 0 Å². The van der Waals surface area contributed by atoms with E-state index in [0.29, 0.717) is 43.6 Å². The van der Waals surface area contributed by atoms with Crippen LogP contribution in [-0.2, 0) is 16.8 Å². The molecule has 0 unspecified atom stereocenters. The predicted molar refractivity (Wildman–Crippen MR) is 214 cm³/mol. The molecule has 3 saturated carbocycles. The lowest BCUT2D eigenvalue weighted by atomic mass is 9.53. The molecule has 12 nitrogen and oxygen atoms in total. The zero-order valence-corrected chi connectivity index (χ0v) is 33.7. The first-order valence-corrected chi connectivity index (χ1v) is 20.0. The summed E-state index contributed by atoms with van der Waals surface area (Å²) in [5.74, 6) is -4.54. The third kappa shape index (κ3) is 8.24. The minimum Gasteiger partial charge on any atom is -0.497 e. The average molecular weight is 812 g/mol. The number of benzene rings is 2. The summed E-state index contributed by atoms with van der Waals surface area (Å²) in [5.41, 5.74) is 2.53. The van der Waals surface area contributed by atoms with Crippen molar-refractivity contribution in [2.75, 3.05) is 44.7 Å². The van der Waals surface area contributed by atoms with Gasteiger partial charge in [-0.2, -0.15) is 4.39 Å². The number of fused-ring (bicyclic) bond motifs is 4. The van der Waals surface area contributed by atoms with E-state index in [1.54, 1.807) is 41.6 Å². The number of rotatable bonds is 10. The van der Waals surface area contributed by atoms with Gasteiger partial charge in [0.15, 0.2) is 17.4 Å². The van der Waals surface area contributed by atoms with Gasteiger partial charge in [-0.1, -0.05) is 12.1 Å². The van der Waals surface area contributed by atoms with Gasteiger partial charge in [0.1, 0.15) is 29.4 Å². The summed E-state index contributed by atoms with van der Waals surface area (Å²) in [6.07, 6.45) is 12.4. The fourth-order valence-corrected chi connectivity index (χ4v) is 8.50. The summed E-state index contributed by atoms with van der Waals surface area (Å²) in [6.45, 7) is 8.01. The van der Waals surface area contributed by atoms with E-state index in [9.17, 15) is 14.0 Å². The summed E-state index contributed by atoms with van der Waals surface area (Å²) in [5, 5.41) is 2.78. The number of nitrogens with zero attached hydrogens (tertiary/aromatic N) is 6. The van der Waals surface area contributed by atoms with Crippen LogP contribution in [0.3, 0.4) is 0 Å². The Morgan fingerprint density at radius 3 is 2.24 bits per heavy atom. The van der Waals surface area contributed by atoms with Crippen LogP contribution in [0.15, 0.2) is 67.3 Å². The Balaban J connectivity index is 0.862. The lowest BCUT2D eigenvalue weighted by molar-refractivity contribution is 0.0240. The minimum atomic E-state index is -1.55. The average Bonchev–Trinajstić information content (AvgIpc) is 3.69. The van der Waals surface area contributed by atoms with E-state index in [1.807, 2.05) is 43.5 Å². The first kappa shape index (κ1) is 39.9. The second kappa shape index (κ2) is 15.7. The maximum absolute atomic E-state index is 15.1. The molecule has 2 amide bonds. The van der Waals surface area contributed by atoms with Crippen LogP contribution in [-0.4, -0.2) is 81.7 Å². The molecule has 4 heterocycles. The highest BCUT2D eigenvalue weighted by atomic mass is 19.2. The number of amides is 2. The van der Waals surface area contributed by atoms with Crippen molar-refractivity contribution in [3.05, 3.63) is 102 Å².